The highest BCUT2D eigenvalue weighted by Gasteiger charge is 2.42. The molecule has 0 fully saturated rings. The molecule has 0 saturated carbocycles. The second-order valence-corrected chi connectivity index (χ2v) is 5.70. The largest absolute Gasteiger partial charge is 0.405 e. The molecular formula is C12H11BrF3NO. The molecule has 2 rings (SSSR count). The number of amides is 1. The zero-order valence-corrected chi connectivity index (χ0v) is 11.3. The first-order chi connectivity index (χ1) is 8.14. The maximum Gasteiger partial charge on any atom is 0.405 e. The number of alkyl halides is 4. The maximum absolute atomic E-state index is 12.6. The Kier molecular flexibility index (Phi) is 2.96. The van der Waals surface area contributed by atoms with E-state index < -0.39 is 16.4 Å². The Labute approximate surface area is 111 Å². The van der Waals surface area contributed by atoms with Crippen LogP contribution >= 0.6 is 15.9 Å². The van der Waals surface area contributed by atoms with E-state index in [9.17, 15) is 18.0 Å². The molecule has 0 bridgehead atoms. The van der Waals surface area contributed by atoms with E-state index in [2.05, 4.69) is 21.2 Å². The quantitative estimate of drug-likeness (QED) is 0.780. The van der Waals surface area contributed by atoms with Crippen LogP contribution in [0.4, 0.5) is 18.9 Å². The Hall–Kier alpha value is -1.04. The minimum Gasteiger partial charge on any atom is -0.325 e. The van der Waals surface area contributed by atoms with E-state index in [0.29, 0.717) is 11.3 Å². The highest BCUT2D eigenvalue weighted by atomic mass is 79.9. The molecule has 0 aliphatic carbocycles. The van der Waals surface area contributed by atoms with Crippen molar-refractivity contribution in [3.63, 3.8) is 0 Å². The van der Waals surface area contributed by atoms with Crippen LogP contribution in [0, 0.1) is 0 Å². The molecule has 18 heavy (non-hydrogen) atoms. The van der Waals surface area contributed by atoms with Crippen molar-refractivity contribution in [2.45, 2.75) is 30.3 Å². The van der Waals surface area contributed by atoms with Crippen molar-refractivity contribution in [1.82, 2.24) is 0 Å². The Morgan fingerprint density at radius 1 is 1.33 bits per heavy atom. The SMILES string of the molecule is CC1(C)C(=O)Nc2ccc(C(Br)C(F)(F)F)cc21. The van der Waals surface area contributed by atoms with Crippen LogP contribution in [0.3, 0.4) is 0 Å². The Balaban J connectivity index is 2.47. The molecule has 1 aliphatic rings. The molecule has 1 amide bonds. The molecule has 6 heteroatoms. The van der Waals surface area contributed by atoms with Gasteiger partial charge in [-0.1, -0.05) is 28.1 Å². The molecule has 1 unspecified atom stereocenters. The van der Waals surface area contributed by atoms with Crippen LogP contribution in [-0.2, 0) is 10.2 Å². The predicted octanol–water partition coefficient (Wildman–Crippen LogP) is 3.91. The fourth-order valence-electron chi connectivity index (χ4n) is 1.94. The Morgan fingerprint density at radius 2 is 1.94 bits per heavy atom. The van der Waals surface area contributed by atoms with Gasteiger partial charge in [0.05, 0.1) is 5.41 Å². The van der Waals surface area contributed by atoms with Crippen LogP contribution in [0.15, 0.2) is 18.2 Å². The van der Waals surface area contributed by atoms with Crippen LogP contribution in [0.2, 0.25) is 0 Å². The summed E-state index contributed by atoms with van der Waals surface area (Å²) in [4.78, 5) is 9.97. The predicted molar refractivity (Wildman–Crippen MR) is 65.8 cm³/mol. The summed E-state index contributed by atoms with van der Waals surface area (Å²) >= 11 is 2.64. The summed E-state index contributed by atoms with van der Waals surface area (Å²) in [5.41, 5.74) is 0.476. The maximum atomic E-state index is 12.6. The van der Waals surface area contributed by atoms with Gasteiger partial charge in [-0.2, -0.15) is 13.2 Å². The first-order valence-corrected chi connectivity index (χ1v) is 6.22. The monoisotopic (exact) mass is 321 g/mol. The number of benzene rings is 1. The Bertz CT molecular complexity index is 511. The Morgan fingerprint density at radius 3 is 2.50 bits per heavy atom. The van der Waals surface area contributed by atoms with E-state index in [4.69, 9.17) is 0 Å². The summed E-state index contributed by atoms with van der Waals surface area (Å²) in [5.74, 6) is -0.201. The lowest BCUT2D eigenvalue weighted by Gasteiger charge is -2.18. The smallest absolute Gasteiger partial charge is 0.325 e. The van der Waals surface area contributed by atoms with Crippen molar-refractivity contribution in [2.24, 2.45) is 0 Å². The molecule has 1 aromatic rings. The lowest BCUT2D eigenvalue weighted by atomic mass is 9.85. The molecular weight excluding hydrogens is 311 g/mol. The summed E-state index contributed by atoms with van der Waals surface area (Å²) in [7, 11) is 0. The van der Waals surface area contributed by atoms with Crippen LogP contribution in [0.1, 0.15) is 29.8 Å². The molecule has 0 spiro atoms. The number of carbonyl (C=O) groups is 1. The van der Waals surface area contributed by atoms with Crippen molar-refractivity contribution in [3.8, 4) is 0 Å². The topological polar surface area (TPSA) is 29.1 Å². The molecule has 1 aliphatic heterocycles. The molecule has 1 heterocycles. The van der Waals surface area contributed by atoms with Gasteiger partial charge in [0.1, 0.15) is 4.83 Å². The summed E-state index contributed by atoms with van der Waals surface area (Å²) < 4.78 is 37.9. The highest BCUT2D eigenvalue weighted by molar-refractivity contribution is 9.09. The van der Waals surface area contributed by atoms with Gasteiger partial charge < -0.3 is 5.32 Å². The summed E-state index contributed by atoms with van der Waals surface area (Å²) in [6, 6.07) is 4.31. The summed E-state index contributed by atoms with van der Waals surface area (Å²) in [5, 5.41) is 2.66. The van der Waals surface area contributed by atoms with Gasteiger partial charge in [-0.15, -0.1) is 0 Å². The van der Waals surface area contributed by atoms with Gasteiger partial charge >= 0.3 is 6.18 Å². The standard InChI is InChI=1S/C12H11BrF3NO/c1-11(2)7-5-6(9(13)12(14,15)16)3-4-8(7)17-10(11)18/h3-5,9H,1-2H3,(H,17,18). The molecule has 2 nitrogen and oxygen atoms in total. The fourth-order valence-corrected chi connectivity index (χ4v) is 2.22. The van der Waals surface area contributed by atoms with E-state index in [1.807, 2.05) is 0 Å². The number of rotatable bonds is 1. The van der Waals surface area contributed by atoms with Crippen molar-refractivity contribution >= 4 is 27.5 Å². The zero-order valence-electron chi connectivity index (χ0n) is 9.73. The number of fused-ring (bicyclic) bond motifs is 1. The van der Waals surface area contributed by atoms with Crippen molar-refractivity contribution in [1.29, 1.82) is 0 Å². The molecule has 1 atom stereocenters. The normalized spacial score (nSPS) is 19.3. The lowest BCUT2D eigenvalue weighted by molar-refractivity contribution is -0.128. The minimum atomic E-state index is -4.35. The zero-order chi connectivity index (χ0) is 13.7. The van der Waals surface area contributed by atoms with Gasteiger partial charge in [0, 0.05) is 5.69 Å². The van der Waals surface area contributed by atoms with Crippen molar-refractivity contribution < 1.29 is 18.0 Å². The number of anilines is 1. The van der Waals surface area contributed by atoms with Gasteiger partial charge in [-0.25, -0.2) is 0 Å². The highest BCUT2D eigenvalue weighted by Crippen LogP contribution is 2.44. The van der Waals surface area contributed by atoms with E-state index in [0.717, 1.165) is 0 Å². The fraction of sp³-hybridized carbons (Fsp3) is 0.417. The van der Waals surface area contributed by atoms with E-state index >= 15 is 0 Å². The average Bonchev–Trinajstić information content (AvgIpc) is 2.48. The first kappa shape index (κ1) is 13.4. The van der Waals surface area contributed by atoms with Crippen LogP contribution < -0.4 is 5.32 Å². The number of carbonyl (C=O) groups excluding carboxylic acids is 1. The number of hydrogen-bond acceptors (Lipinski definition) is 1. The molecule has 1 aromatic carbocycles. The van der Waals surface area contributed by atoms with Gasteiger partial charge in [-0.3, -0.25) is 4.79 Å². The van der Waals surface area contributed by atoms with Gasteiger partial charge in [-0.05, 0) is 31.0 Å². The third-order valence-corrected chi connectivity index (χ3v) is 4.16. The molecule has 98 valence electrons. The molecule has 0 saturated heterocycles. The average molecular weight is 322 g/mol. The lowest BCUT2D eigenvalue weighted by Crippen LogP contribution is -2.27. The molecule has 0 aromatic heterocycles. The van der Waals surface area contributed by atoms with E-state index in [1.165, 1.54) is 18.2 Å². The summed E-state index contributed by atoms with van der Waals surface area (Å²) in [6.45, 7) is 3.38. The first-order valence-electron chi connectivity index (χ1n) is 5.30. The van der Waals surface area contributed by atoms with E-state index in [-0.39, 0.29) is 11.5 Å². The number of halogens is 4. The summed E-state index contributed by atoms with van der Waals surface area (Å²) in [6.07, 6.45) is -4.35. The molecule has 1 N–H and O–H groups in total. The number of hydrogen-bond donors (Lipinski definition) is 1. The van der Waals surface area contributed by atoms with Crippen molar-refractivity contribution in [3.05, 3.63) is 29.3 Å². The third-order valence-electron chi connectivity index (χ3n) is 3.11. The van der Waals surface area contributed by atoms with E-state index in [1.54, 1.807) is 13.8 Å². The van der Waals surface area contributed by atoms with Crippen LogP contribution in [-0.4, -0.2) is 12.1 Å². The van der Waals surface area contributed by atoms with Gasteiger partial charge in [0.15, 0.2) is 0 Å². The second-order valence-electron chi connectivity index (χ2n) is 4.79. The second kappa shape index (κ2) is 3.98. The minimum absolute atomic E-state index is 0.103. The van der Waals surface area contributed by atoms with Crippen molar-refractivity contribution in [2.75, 3.05) is 5.32 Å². The van der Waals surface area contributed by atoms with Crippen LogP contribution in [0.5, 0.6) is 0 Å². The number of nitrogens with one attached hydrogen (secondary N) is 1. The van der Waals surface area contributed by atoms with Crippen LogP contribution in [0.25, 0.3) is 0 Å². The third kappa shape index (κ3) is 2.02. The molecule has 0 radical (unpaired) electrons. The van der Waals surface area contributed by atoms with Gasteiger partial charge in [0.2, 0.25) is 5.91 Å². The van der Waals surface area contributed by atoms with Gasteiger partial charge in [0.25, 0.3) is 0 Å².